The van der Waals surface area contributed by atoms with Gasteiger partial charge in [-0.1, -0.05) is 51.8 Å². The first kappa shape index (κ1) is 12.8. The van der Waals surface area contributed by atoms with Crippen molar-refractivity contribution in [3.8, 4) is 0 Å². The SMILES string of the molecule is [3H]C([3H])(CCCCCCC)C([3H])([3H])C(O)C(N)CCP(=O)(O)O. The largest absolute Gasteiger partial charge is 0.392 e. The van der Waals surface area contributed by atoms with E-state index >= 15 is 0 Å². The maximum Gasteiger partial charge on any atom is 0.325 e. The number of hydrogen-bond acceptors (Lipinski definition) is 3. The Bertz CT molecular complexity index is 392. The van der Waals surface area contributed by atoms with Crippen molar-refractivity contribution in [2.75, 3.05) is 6.16 Å². The van der Waals surface area contributed by atoms with Gasteiger partial charge in [0.2, 0.25) is 0 Å². The number of rotatable bonds is 12. The molecule has 19 heavy (non-hydrogen) atoms. The minimum Gasteiger partial charge on any atom is -0.392 e. The van der Waals surface area contributed by atoms with Gasteiger partial charge in [-0.05, 0) is 12.8 Å². The van der Waals surface area contributed by atoms with Crippen LogP contribution in [0.25, 0.3) is 0 Å². The first-order valence-electron chi connectivity index (χ1n) is 8.83. The molecule has 0 aliphatic carbocycles. The van der Waals surface area contributed by atoms with Crippen molar-refractivity contribution in [1.29, 1.82) is 0 Å². The van der Waals surface area contributed by atoms with Gasteiger partial charge in [0.05, 0.1) is 12.3 Å². The molecule has 0 aliphatic rings. The molecule has 0 aromatic heterocycles. The van der Waals surface area contributed by atoms with Crippen molar-refractivity contribution in [2.45, 2.75) is 76.8 Å². The van der Waals surface area contributed by atoms with Gasteiger partial charge in [-0.2, -0.15) is 0 Å². The minimum absolute atomic E-state index is 0.0357. The monoisotopic (exact) mass is 303 g/mol. The van der Waals surface area contributed by atoms with E-state index in [4.69, 9.17) is 21.0 Å². The molecule has 0 saturated heterocycles. The molecule has 0 rings (SSSR count). The molecule has 5 nitrogen and oxygen atoms in total. The first-order valence-corrected chi connectivity index (χ1v) is 8.63. The van der Waals surface area contributed by atoms with Gasteiger partial charge in [-0.15, -0.1) is 0 Å². The van der Waals surface area contributed by atoms with E-state index in [0.717, 1.165) is 25.7 Å². The fourth-order valence-corrected chi connectivity index (χ4v) is 2.21. The van der Waals surface area contributed by atoms with Crippen molar-refractivity contribution in [1.82, 2.24) is 0 Å². The zero-order valence-corrected chi connectivity index (χ0v) is 12.5. The second kappa shape index (κ2) is 10.8. The fraction of sp³-hybridized carbons (Fsp3) is 1.00. The van der Waals surface area contributed by atoms with Crippen LogP contribution in [0, 0.1) is 0 Å². The number of aliphatic hydroxyl groups excluding tert-OH is 1. The first-order chi connectivity index (χ1) is 10.3. The summed E-state index contributed by atoms with van der Waals surface area (Å²) < 4.78 is 42.4. The maximum atomic E-state index is 10.8. The van der Waals surface area contributed by atoms with Gasteiger partial charge >= 0.3 is 7.60 Å². The third kappa shape index (κ3) is 12.8. The lowest BCUT2D eigenvalue weighted by Crippen LogP contribution is -2.35. The Labute approximate surface area is 122 Å². The van der Waals surface area contributed by atoms with Crippen molar-refractivity contribution < 1.29 is 24.9 Å². The van der Waals surface area contributed by atoms with Crippen LogP contribution in [-0.4, -0.2) is 33.2 Å². The van der Waals surface area contributed by atoms with E-state index in [1.165, 1.54) is 0 Å². The maximum absolute atomic E-state index is 10.8. The summed E-state index contributed by atoms with van der Waals surface area (Å²) in [5.41, 5.74) is 5.60. The van der Waals surface area contributed by atoms with Gasteiger partial charge in [0.1, 0.15) is 0 Å². The van der Waals surface area contributed by atoms with Crippen LogP contribution in [0.5, 0.6) is 0 Å². The number of unbranched alkanes of at least 4 members (excludes halogenated alkanes) is 4. The third-order valence-electron chi connectivity index (χ3n) is 2.81. The van der Waals surface area contributed by atoms with Gasteiger partial charge in [0, 0.05) is 11.5 Å². The quantitative estimate of drug-likeness (QED) is 0.327. The summed E-state index contributed by atoms with van der Waals surface area (Å²) in [5, 5.41) is 10.0. The molecule has 0 spiro atoms. The predicted octanol–water partition coefficient (Wildman–Crippen LogP) is 2.38. The van der Waals surface area contributed by atoms with Crippen molar-refractivity contribution in [2.24, 2.45) is 5.73 Å². The van der Waals surface area contributed by atoms with Crippen LogP contribution in [-0.2, 0) is 4.57 Å². The van der Waals surface area contributed by atoms with Crippen LogP contribution in [0.1, 0.15) is 70.1 Å². The highest BCUT2D eigenvalue weighted by atomic mass is 31.2. The van der Waals surface area contributed by atoms with Gasteiger partial charge in [-0.3, -0.25) is 4.57 Å². The van der Waals surface area contributed by atoms with E-state index in [9.17, 15) is 9.67 Å². The Hall–Kier alpha value is 0.0700. The van der Waals surface area contributed by atoms with Crippen molar-refractivity contribution in [3.05, 3.63) is 0 Å². The molecule has 2 atom stereocenters. The van der Waals surface area contributed by atoms with E-state index in [1.807, 2.05) is 0 Å². The summed E-state index contributed by atoms with van der Waals surface area (Å²) in [5.74, 6) is 0. The Morgan fingerprint density at radius 3 is 2.37 bits per heavy atom. The number of aliphatic hydroxyl groups is 1. The van der Waals surface area contributed by atoms with Gasteiger partial charge < -0.3 is 20.6 Å². The number of hydrogen-bond donors (Lipinski definition) is 4. The molecule has 0 aliphatic heterocycles. The summed E-state index contributed by atoms with van der Waals surface area (Å²) >= 11 is 0. The molecular formula is C13H30NO4P. The molecule has 0 saturated carbocycles. The zero-order valence-electron chi connectivity index (χ0n) is 15.6. The van der Waals surface area contributed by atoms with Gasteiger partial charge in [-0.25, -0.2) is 0 Å². The Balaban J connectivity index is 4.61. The van der Waals surface area contributed by atoms with Crippen LogP contribution in [0.2, 0.25) is 0 Å². The molecular weight excluding hydrogens is 265 g/mol. The second-order valence-electron chi connectivity index (χ2n) is 4.77. The summed E-state index contributed by atoms with van der Waals surface area (Å²) in [4.78, 5) is 17.6. The molecule has 0 amide bonds. The highest BCUT2D eigenvalue weighted by Gasteiger charge is 2.19. The second-order valence-corrected chi connectivity index (χ2v) is 6.55. The molecule has 6 heteroatoms. The molecule has 2 unspecified atom stereocenters. The molecule has 0 bridgehead atoms. The van der Waals surface area contributed by atoms with Gasteiger partial charge in [0.15, 0.2) is 0 Å². The highest BCUT2D eigenvalue weighted by Crippen LogP contribution is 2.35. The van der Waals surface area contributed by atoms with E-state index in [0.29, 0.717) is 6.42 Å². The molecule has 0 radical (unpaired) electrons. The standard InChI is InChI=1S/C13H30NO4P/c1-2-3-4-5-6-7-8-9-13(15)12(14)10-11-19(16,17)18/h12-13,15H,2-11,14H2,1H3,(H2,16,17,18)/i8T2,9T2. The molecule has 0 aromatic rings. The minimum atomic E-state index is -4.29. The van der Waals surface area contributed by atoms with E-state index in [2.05, 4.69) is 6.92 Å². The highest BCUT2D eigenvalue weighted by molar-refractivity contribution is 7.51. The third-order valence-corrected chi connectivity index (χ3v) is 3.66. The summed E-state index contributed by atoms with van der Waals surface area (Å²) in [7, 11) is -4.29. The lowest BCUT2D eigenvalue weighted by Gasteiger charge is -2.18. The van der Waals surface area contributed by atoms with Crippen LogP contribution in [0.15, 0.2) is 0 Å². The molecule has 0 aromatic carbocycles. The summed E-state index contributed by atoms with van der Waals surface area (Å²) in [6.07, 6.45) is -3.21. The van der Waals surface area contributed by atoms with Crippen molar-refractivity contribution >= 4 is 7.60 Å². The van der Waals surface area contributed by atoms with E-state index < -0.39 is 38.6 Å². The lowest BCUT2D eigenvalue weighted by atomic mass is 10.0. The Morgan fingerprint density at radius 1 is 1.21 bits per heavy atom. The normalized spacial score (nSPS) is 20.1. The van der Waals surface area contributed by atoms with Crippen LogP contribution in [0.4, 0.5) is 0 Å². The van der Waals surface area contributed by atoms with Crippen molar-refractivity contribution in [3.63, 3.8) is 0 Å². The molecule has 116 valence electrons. The van der Waals surface area contributed by atoms with Crippen LogP contribution in [0.3, 0.4) is 0 Å². The molecule has 0 fully saturated rings. The Kier molecular flexibility index (Phi) is 7.27. The fourth-order valence-electron chi connectivity index (χ4n) is 1.58. The average molecular weight is 303 g/mol. The summed E-state index contributed by atoms with van der Waals surface area (Å²) in [6.45, 7) is 2.06. The lowest BCUT2D eigenvalue weighted by molar-refractivity contribution is 0.129. The number of nitrogens with two attached hydrogens (primary N) is 1. The van der Waals surface area contributed by atoms with E-state index in [-0.39, 0.29) is 12.8 Å². The van der Waals surface area contributed by atoms with E-state index in [1.54, 1.807) is 0 Å². The van der Waals surface area contributed by atoms with Crippen LogP contribution >= 0.6 is 7.60 Å². The van der Waals surface area contributed by atoms with Crippen LogP contribution < -0.4 is 5.73 Å². The van der Waals surface area contributed by atoms with Gasteiger partial charge in [0.25, 0.3) is 0 Å². The average Bonchev–Trinajstić information content (AvgIpc) is 2.42. The predicted molar refractivity (Wildman–Crippen MR) is 78.1 cm³/mol. The topological polar surface area (TPSA) is 104 Å². The Morgan fingerprint density at radius 2 is 1.79 bits per heavy atom. The smallest absolute Gasteiger partial charge is 0.325 e. The molecule has 0 heterocycles. The summed E-state index contributed by atoms with van der Waals surface area (Å²) in [6, 6.07) is -1.24. The molecule has 5 N–H and O–H groups in total. The zero-order chi connectivity index (χ0) is 18.3.